The van der Waals surface area contributed by atoms with Crippen molar-refractivity contribution >= 4 is 17.0 Å². The van der Waals surface area contributed by atoms with Crippen LogP contribution in [0.3, 0.4) is 0 Å². The average Bonchev–Trinajstić information content (AvgIpc) is 2.82. The summed E-state index contributed by atoms with van der Waals surface area (Å²) in [5.41, 5.74) is 10.8. The highest BCUT2D eigenvalue weighted by Gasteiger charge is 2.03. The minimum atomic E-state index is 0.879. The molecule has 2 rings (SSSR count). The van der Waals surface area contributed by atoms with Crippen molar-refractivity contribution in [2.45, 2.75) is 26.4 Å². The molecule has 3 N–H and O–H groups in total. The third-order valence-corrected chi connectivity index (χ3v) is 3.62. The Morgan fingerprint density at radius 1 is 1.24 bits per heavy atom. The molecule has 0 radical (unpaired) electrons. The van der Waals surface area contributed by atoms with Gasteiger partial charge in [-0.25, -0.2) is 0 Å². The van der Waals surface area contributed by atoms with Crippen LogP contribution in [-0.2, 0) is 19.5 Å². The molecule has 0 aliphatic carbocycles. The molecule has 0 amide bonds. The number of benzene rings is 1. The first-order valence-corrected chi connectivity index (χ1v) is 6.83. The number of hydrogen-bond acceptors (Lipinski definition) is 3. The molecule has 0 saturated heterocycles. The first-order valence-electron chi connectivity index (χ1n) is 5.89. The third-order valence-electron chi connectivity index (χ3n) is 2.89. The monoisotopic (exact) mass is 246 g/mol. The molecule has 3 heteroatoms. The normalized spacial score (nSPS) is 10.6. The maximum absolute atomic E-state index is 5.97. The highest BCUT2D eigenvalue weighted by Crippen LogP contribution is 2.17. The predicted octanol–water partition coefficient (Wildman–Crippen LogP) is 3.18. The van der Waals surface area contributed by atoms with Crippen LogP contribution in [0.25, 0.3) is 0 Å². The lowest BCUT2D eigenvalue weighted by atomic mass is 10.0. The van der Waals surface area contributed by atoms with E-state index in [-0.39, 0.29) is 0 Å². The van der Waals surface area contributed by atoms with E-state index in [4.69, 9.17) is 5.73 Å². The van der Waals surface area contributed by atoms with Gasteiger partial charge in [-0.15, -0.1) is 0 Å². The van der Waals surface area contributed by atoms with Crippen molar-refractivity contribution in [1.29, 1.82) is 0 Å². The van der Waals surface area contributed by atoms with Crippen LogP contribution in [0.5, 0.6) is 0 Å². The molecule has 0 bridgehead atoms. The molecule has 2 nitrogen and oxygen atoms in total. The van der Waals surface area contributed by atoms with E-state index in [0.29, 0.717) is 0 Å². The van der Waals surface area contributed by atoms with Crippen molar-refractivity contribution in [1.82, 2.24) is 5.32 Å². The van der Waals surface area contributed by atoms with Gasteiger partial charge in [0, 0.05) is 18.8 Å². The van der Waals surface area contributed by atoms with Crippen LogP contribution >= 0.6 is 11.3 Å². The average molecular weight is 246 g/mol. The Bertz CT molecular complexity index is 463. The van der Waals surface area contributed by atoms with Crippen LogP contribution in [0.15, 0.2) is 35.0 Å². The molecular formula is C14H18N2S. The molecule has 0 aliphatic rings. The zero-order valence-electron chi connectivity index (χ0n) is 10.1. The second-order valence-corrected chi connectivity index (χ2v) is 4.85. The van der Waals surface area contributed by atoms with Crippen molar-refractivity contribution in [3.63, 3.8) is 0 Å². The van der Waals surface area contributed by atoms with E-state index in [1.807, 2.05) is 12.1 Å². The molecule has 17 heavy (non-hydrogen) atoms. The second kappa shape index (κ2) is 5.84. The summed E-state index contributed by atoms with van der Waals surface area (Å²) in [4.78, 5) is 0. The van der Waals surface area contributed by atoms with Crippen molar-refractivity contribution < 1.29 is 0 Å². The number of anilines is 1. The molecule has 1 aromatic carbocycles. The quantitative estimate of drug-likeness (QED) is 0.795. The topological polar surface area (TPSA) is 38.0 Å². The van der Waals surface area contributed by atoms with Gasteiger partial charge in [-0.3, -0.25) is 0 Å². The van der Waals surface area contributed by atoms with E-state index < -0.39 is 0 Å². The van der Waals surface area contributed by atoms with Gasteiger partial charge in [0.25, 0.3) is 0 Å². The van der Waals surface area contributed by atoms with Crippen LogP contribution in [0.2, 0.25) is 0 Å². The lowest BCUT2D eigenvalue weighted by Gasteiger charge is -2.11. The zero-order valence-corrected chi connectivity index (χ0v) is 10.9. The second-order valence-electron chi connectivity index (χ2n) is 4.07. The van der Waals surface area contributed by atoms with Gasteiger partial charge >= 0.3 is 0 Å². The fraction of sp³-hybridized carbons (Fsp3) is 0.286. The Kier molecular flexibility index (Phi) is 4.18. The Morgan fingerprint density at radius 3 is 2.82 bits per heavy atom. The van der Waals surface area contributed by atoms with Crippen molar-refractivity contribution in [2.24, 2.45) is 0 Å². The smallest absolute Gasteiger partial charge is 0.0349 e. The summed E-state index contributed by atoms with van der Waals surface area (Å²) in [7, 11) is 0. The standard InChI is InChI=1S/C14H18N2S/c1-2-13-12(4-3-5-14(13)15)9-16-8-11-6-7-17-10-11/h3-7,10,16H,2,8-9,15H2,1H3. The molecule has 0 fully saturated rings. The number of thiophene rings is 1. The van der Waals surface area contributed by atoms with Gasteiger partial charge in [0.05, 0.1) is 0 Å². The fourth-order valence-corrected chi connectivity index (χ4v) is 2.65. The van der Waals surface area contributed by atoms with Gasteiger partial charge < -0.3 is 11.1 Å². The molecule has 2 aromatic rings. The lowest BCUT2D eigenvalue weighted by Crippen LogP contribution is -2.14. The number of rotatable bonds is 5. The summed E-state index contributed by atoms with van der Waals surface area (Å²) >= 11 is 1.74. The van der Waals surface area contributed by atoms with Crippen LogP contribution in [0.4, 0.5) is 5.69 Å². The third kappa shape index (κ3) is 3.08. The molecule has 1 heterocycles. The SMILES string of the molecule is CCc1c(N)cccc1CNCc1ccsc1. The van der Waals surface area contributed by atoms with E-state index in [9.17, 15) is 0 Å². The zero-order chi connectivity index (χ0) is 12.1. The summed E-state index contributed by atoms with van der Waals surface area (Å²) in [5, 5.41) is 7.74. The molecular weight excluding hydrogens is 228 g/mol. The summed E-state index contributed by atoms with van der Waals surface area (Å²) in [6.45, 7) is 3.94. The molecule has 0 unspecified atom stereocenters. The van der Waals surface area contributed by atoms with Crippen LogP contribution in [0.1, 0.15) is 23.6 Å². The minimum Gasteiger partial charge on any atom is -0.398 e. The van der Waals surface area contributed by atoms with E-state index >= 15 is 0 Å². The summed E-state index contributed by atoms with van der Waals surface area (Å²) in [6, 6.07) is 8.30. The van der Waals surface area contributed by atoms with E-state index in [2.05, 4.69) is 35.1 Å². The number of nitrogen functional groups attached to an aromatic ring is 1. The van der Waals surface area contributed by atoms with Crippen molar-refractivity contribution in [3.05, 3.63) is 51.7 Å². The molecule has 1 aromatic heterocycles. The highest BCUT2D eigenvalue weighted by molar-refractivity contribution is 7.07. The Hall–Kier alpha value is -1.32. The Balaban J connectivity index is 1.97. The van der Waals surface area contributed by atoms with Gasteiger partial charge in [0.2, 0.25) is 0 Å². The first-order chi connectivity index (χ1) is 8.31. The Morgan fingerprint density at radius 2 is 2.12 bits per heavy atom. The van der Waals surface area contributed by atoms with Crippen molar-refractivity contribution in [2.75, 3.05) is 5.73 Å². The molecule has 0 aliphatic heterocycles. The van der Waals surface area contributed by atoms with E-state index in [0.717, 1.165) is 25.2 Å². The van der Waals surface area contributed by atoms with Crippen LogP contribution in [-0.4, -0.2) is 0 Å². The van der Waals surface area contributed by atoms with Crippen molar-refractivity contribution in [3.8, 4) is 0 Å². The van der Waals surface area contributed by atoms with E-state index in [1.54, 1.807) is 11.3 Å². The molecule has 0 atom stereocenters. The highest BCUT2D eigenvalue weighted by atomic mass is 32.1. The van der Waals surface area contributed by atoms with Crippen LogP contribution in [0, 0.1) is 0 Å². The van der Waals surface area contributed by atoms with E-state index in [1.165, 1.54) is 16.7 Å². The number of hydrogen-bond donors (Lipinski definition) is 2. The summed E-state index contributed by atoms with van der Waals surface area (Å²) < 4.78 is 0. The molecule has 90 valence electrons. The molecule has 0 spiro atoms. The molecule has 0 saturated carbocycles. The summed E-state index contributed by atoms with van der Waals surface area (Å²) in [6.07, 6.45) is 0.988. The van der Waals surface area contributed by atoms with Gasteiger partial charge in [0.1, 0.15) is 0 Å². The van der Waals surface area contributed by atoms with Gasteiger partial charge in [-0.05, 0) is 46.0 Å². The van der Waals surface area contributed by atoms with Gasteiger partial charge in [-0.2, -0.15) is 11.3 Å². The lowest BCUT2D eigenvalue weighted by molar-refractivity contribution is 0.690. The predicted molar refractivity (Wildman–Crippen MR) is 75.1 cm³/mol. The Labute approximate surface area is 106 Å². The fourth-order valence-electron chi connectivity index (χ4n) is 1.99. The maximum atomic E-state index is 5.97. The van der Waals surface area contributed by atoms with Gasteiger partial charge in [0.15, 0.2) is 0 Å². The largest absolute Gasteiger partial charge is 0.398 e. The van der Waals surface area contributed by atoms with Crippen LogP contribution < -0.4 is 11.1 Å². The number of nitrogens with one attached hydrogen (secondary N) is 1. The van der Waals surface area contributed by atoms with Gasteiger partial charge in [-0.1, -0.05) is 19.1 Å². The minimum absolute atomic E-state index is 0.879. The maximum Gasteiger partial charge on any atom is 0.0349 e. The number of nitrogens with two attached hydrogens (primary N) is 1. The summed E-state index contributed by atoms with van der Waals surface area (Å²) in [5.74, 6) is 0. The first kappa shape index (κ1) is 12.1.